The summed E-state index contributed by atoms with van der Waals surface area (Å²) >= 11 is 0. The lowest BCUT2D eigenvalue weighted by atomic mass is 10.1. The Hall–Kier alpha value is -1.64. The van der Waals surface area contributed by atoms with Crippen LogP contribution in [0.15, 0.2) is 18.0 Å². The van der Waals surface area contributed by atoms with Gasteiger partial charge in [0.2, 0.25) is 0 Å². The minimum atomic E-state index is 0.782. The van der Waals surface area contributed by atoms with E-state index in [0.717, 1.165) is 35.6 Å². The number of unbranched alkanes of at least 4 members (excludes halogenated alkanes) is 3. The molecule has 1 aromatic rings. The normalized spacial score (nSPS) is 13.9. The van der Waals surface area contributed by atoms with Gasteiger partial charge in [0.25, 0.3) is 0 Å². The summed E-state index contributed by atoms with van der Waals surface area (Å²) in [6, 6.07) is 0. The van der Waals surface area contributed by atoms with Gasteiger partial charge >= 0.3 is 0 Å². The van der Waals surface area contributed by atoms with Gasteiger partial charge in [0.05, 0.1) is 17.1 Å². The minimum Gasteiger partial charge on any atom is -0.402 e. The van der Waals surface area contributed by atoms with E-state index < -0.39 is 0 Å². The highest BCUT2D eigenvalue weighted by Crippen LogP contribution is 2.16. The van der Waals surface area contributed by atoms with E-state index in [1.54, 1.807) is 0 Å². The fraction of sp³-hybridized carbons (Fsp3) is 0.467. The molecule has 1 aromatic heterocycles. The lowest BCUT2D eigenvalue weighted by molar-refractivity contribution is 0.659. The Morgan fingerprint density at radius 2 is 2.11 bits per heavy atom. The Balaban J connectivity index is 2.07. The van der Waals surface area contributed by atoms with Crippen LogP contribution in [0.25, 0.3) is 12.2 Å². The molecule has 96 valence electrons. The van der Waals surface area contributed by atoms with Gasteiger partial charge in [-0.3, -0.25) is 4.98 Å². The fourth-order valence-corrected chi connectivity index (χ4v) is 2.08. The zero-order chi connectivity index (χ0) is 12.8. The van der Waals surface area contributed by atoms with E-state index in [4.69, 9.17) is 5.73 Å². The van der Waals surface area contributed by atoms with Crippen molar-refractivity contribution in [2.24, 2.45) is 5.73 Å². The van der Waals surface area contributed by atoms with E-state index in [2.05, 4.69) is 16.9 Å². The monoisotopic (exact) mass is 243 g/mol. The summed E-state index contributed by atoms with van der Waals surface area (Å²) in [5.74, 6) is 0. The van der Waals surface area contributed by atoms with E-state index >= 15 is 0 Å². The van der Waals surface area contributed by atoms with Crippen LogP contribution in [-0.2, 0) is 6.42 Å². The summed E-state index contributed by atoms with van der Waals surface area (Å²) in [5.41, 5.74) is 9.64. The molecule has 1 aliphatic rings. The van der Waals surface area contributed by atoms with Gasteiger partial charge in [-0.05, 0) is 25.0 Å². The molecule has 3 heteroatoms. The van der Waals surface area contributed by atoms with E-state index in [-0.39, 0.29) is 0 Å². The van der Waals surface area contributed by atoms with Crippen molar-refractivity contribution in [3.8, 4) is 0 Å². The summed E-state index contributed by atoms with van der Waals surface area (Å²) in [6.07, 6.45) is 14.7. The molecule has 0 aromatic carbocycles. The predicted octanol–water partition coefficient (Wildman–Crippen LogP) is 3.32. The van der Waals surface area contributed by atoms with Crippen LogP contribution < -0.4 is 5.73 Å². The van der Waals surface area contributed by atoms with E-state index in [1.807, 2.05) is 24.4 Å². The van der Waals surface area contributed by atoms with Crippen LogP contribution in [0.4, 0.5) is 0 Å². The van der Waals surface area contributed by atoms with Crippen LogP contribution in [0.5, 0.6) is 0 Å². The molecule has 0 radical (unpaired) electrons. The Morgan fingerprint density at radius 3 is 2.94 bits per heavy atom. The number of allylic oxidation sites excluding steroid dienone is 1. The number of aryl methyl sites for hydroxylation is 1. The van der Waals surface area contributed by atoms with Crippen LogP contribution >= 0.6 is 0 Å². The maximum absolute atomic E-state index is 5.88. The van der Waals surface area contributed by atoms with E-state index in [1.165, 1.54) is 25.7 Å². The molecule has 0 fully saturated rings. The molecule has 18 heavy (non-hydrogen) atoms. The number of nitrogens with two attached hydrogens (primary N) is 1. The van der Waals surface area contributed by atoms with Crippen molar-refractivity contribution in [2.75, 3.05) is 0 Å². The van der Waals surface area contributed by atoms with Gasteiger partial charge < -0.3 is 5.73 Å². The number of nitrogens with zero attached hydrogens (tertiary/aromatic N) is 2. The molecular weight excluding hydrogens is 222 g/mol. The zero-order valence-corrected chi connectivity index (χ0v) is 11.0. The summed E-state index contributed by atoms with van der Waals surface area (Å²) < 4.78 is 0. The molecule has 0 unspecified atom stereocenters. The lowest BCUT2D eigenvalue weighted by Gasteiger charge is -2.04. The number of hydrogen-bond donors (Lipinski definition) is 1. The topological polar surface area (TPSA) is 51.8 Å². The Labute approximate surface area is 109 Å². The quantitative estimate of drug-likeness (QED) is 0.807. The van der Waals surface area contributed by atoms with E-state index in [0.29, 0.717) is 0 Å². The molecule has 0 bridgehead atoms. The first-order chi connectivity index (χ1) is 8.79. The van der Waals surface area contributed by atoms with Crippen LogP contribution in [0.2, 0.25) is 0 Å². The molecule has 1 heterocycles. The van der Waals surface area contributed by atoms with Crippen molar-refractivity contribution in [3.05, 3.63) is 35.1 Å². The fourth-order valence-electron chi connectivity index (χ4n) is 2.08. The molecule has 0 amide bonds. The maximum atomic E-state index is 5.88. The number of rotatable bonds is 5. The molecule has 2 rings (SSSR count). The van der Waals surface area contributed by atoms with Crippen LogP contribution in [0, 0.1) is 0 Å². The molecule has 0 saturated carbocycles. The van der Waals surface area contributed by atoms with Gasteiger partial charge in [0.1, 0.15) is 0 Å². The SMILES string of the molecule is CCCCCCc1cnc2c(n1)C=C(N)CC=C2. The highest BCUT2D eigenvalue weighted by atomic mass is 14.8. The van der Waals surface area contributed by atoms with Gasteiger partial charge in [0.15, 0.2) is 0 Å². The van der Waals surface area contributed by atoms with E-state index in [9.17, 15) is 0 Å². The summed E-state index contributed by atoms with van der Waals surface area (Å²) in [4.78, 5) is 9.11. The Kier molecular flexibility index (Phi) is 4.51. The smallest absolute Gasteiger partial charge is 0.0907 e. The van der Waals surface area contributed by atoms with Crippen molar-refractivity contribution in [1.82, 2.24) is 9.97 Å². The number of aromatic nitrogens is 2. The largest absolute Gasteiger partial charge is 0.402 e. The molecule has 0 aliphatic heterocycles. The average Bonchev–Trinajstić information content (AvgIpc) is 2.55. The minimum absolute atomic E-state index is 0.782. The van der Waals surface area contributed by atoms with Crippen LogP contribution in [0.1, 0.15) is 56.1 Å². The summed E-state index contributed by atoms with van der Waals surface area (Å²) in [5, 5.41) is 0. The molecule has 0 spiro atoms. The Morgan fingerprint density at radius 1 is 1.22 bits per heavy atom. The second-order valence-electron chi connectivity index (χ2n) is 4.77. The summed E-state index contributed by atoms with van der Waals surface area (Å²) in [6.45, 7) is 2.22. The first kappa shape index (κ1) is 12.8. The van der Waals surface area contributed by atoms with Gasteiger partial charge in [-0.15, -0.1) is 0 Å². The third-order valence-corrected chi connectivity index (χ3v) is 3.12. The second-order valence-corrected chi connectivity index (χ2v) is 4.77. The van der Waals surface area contributed by atoms with Gasteiger partial charge in [-0.2, -0.15) is 0 Å². The third kappa shape index (κ3) is 3.42. The number of fused-ring (bicyclic) bond motifs is 1. The lowest BCUT2D eigenvalue weighted by Crippen LogP contribution is -2.00. The third-order valence-electron chi connectivity index (χ3n) is 3.12. The van der Waals surface area contributed by atoms with Crippen molar-refractivity contribution >= 4 is 12.2 Å². The maximum Gasteiger partial charge on any atom is 0.0907 e. The van der Waals surface area contributed by atoms with Crippen LogP contribution in [0.3, 0.4) is 0 Å². The van der Waals surface area contributed by atoms with Crippen molar-refractivity contribution in [1.29, 1.82) is 0 Å². The molecular formula is C15H21N3. The van der Waals surface area contributed by atoms with Gasteiger partial charge in [-0.1, -0.05) is 32.3 Å². The molecule has 0 atom stereocenters. The summed E-state index contributed by atoms with van der Waals surface area (Å²) in [7, 11) is 0. The second kappa shape index (κ2) is 6.34. The molecule has 1 aliphatic carbocycles. The predicted molar refractivity (Wildman–Crippen MR) is 75.7 cm³/mol. The van der Waals surface area contributed by atoms with Crippen molar-refractivity contribution in [3.63, 3.8) is 0 Å². The number of hydrogen-bond acceptors (Lipinski definition) is 3. The highest BCUT2D eigenvalue weighted by molar-refractivity contribution is 5.63. The van der Waals surface area contributed by atoms with Crippen molar-refractivity contribution in [2.45, 2.75) is 45.4 Å². The van der Waals surface area contributed by atoms with Crippen LogP contribution in [-0.4, -0.2) is 9.97 Å². The first-order valence-corrected chi connectivity index (χ1v) is 6.78. The van der Waals surface area contributed by atoms with Gasteiger partial charge in [-0.25, -0.2) is 4.98 Å². The molecule has 3 nitrogen and oxygen atoms in total. The molecule has 0 saturated heterocycles. The van der Waals surface area contributed by atoms with Gasteiger partial charge in [0, 0.05) is 18.3 Å². The average molecular weight is 243 g/mol. The first-order valence-electron chi connectivity index (χ1n) is 6.78. The standard InChI is InChI=1S/C15H21N3/c1-2-3-4-5-8-13-11-17-14-9-6-7-12(16)10-15(14)18-13/h6,9-11H,2-5,7-8,16H2,1H3. The van der Waals surface area contributed by atoms with Crippen molar-refractivity contribution < 1.29 is 0 Å². The Bertz CT molecular complexity index is 461. The zero-order valence-electron chi connectivity index (χ0n) is 11.0. The highest BCUT2D eigenvalue weighted by Gasteiger charge is 2.06. The molecule has 2 N–H and O–H groups in total.